The molecular formula is C19H25NO4. The zero-order valence-corrected chi connectivity index (χ0v) is 14.3. The summed E-state index contributed by atoms with van der Waals surface area (Å²) in [7, 11) is 0. The van der Waals surface area contributed by atoms with E-state index in [4.69, 9.17) is 4.74 Å². The molecule has 130 valence electrons. The molecule has 3 rings (SSSR count). The van der Waals surface area contributed by atoms with Crippen molar-refractivity contribution in [2.75, 3.05) is 19.7 Å². The number of carbonyl (C=O) groups excluding carboxylic acids is 1. The van der Waals surface area contributed by atoms with Gasteiger partial charge in [0, 0.05) is 18.7 Å². The van der Waals surface area contributed by atoms with E-state index in [1.54, 1.807) is 17.0 Å². The maximum atomic E-state index is 12.8. The summed E-state index contributed by atoms with van der Waals surface area (Å²) in [5.74, 6) is 0.370. The van der Waals surface area contributed by atoms with Gasteiger partial charge in [0.25, 0.3) is 5.91 Å². The fourth-order valence-corrected chi connectivity index (χ4v) is 3.42. The molecule has 5 nitrogen and oxygen atoms in total. The topological polar surface area (TPSA) is 66.8 Å². The number of amides is 1. The molecule has 2 aliphatic rings. The molecule has 1 aliphatic carbocycles. The zero-order chi connectivity index (χ0) is 17.3. The van der Waals surface area contributed by atoms with E-state index in [1.807, 2.05) is 12.1 Å². The molecule has 2 atom stereocenters. The van der Waals surface area contributed by atoms with Crippen molar-refractivity contribution in [3.63, 3.8) is 0 Å². The Labute approximate surface area is 142 Å². The number of benzene rings is 1. The maximum absolute atomic E-state index is 12.8. The Balaban J connectivity index is 1.70. The molecule has 2 fully saturated rings. The van der Waals surface area contributed by atoms with Crippen LogP contribution in [-0.4, -0.2) is 41.6 Å². The van der Waals surface area contributed by atoms with E-state index in [-0.39, 0.29) is 11.8 Å². The van der Waals surface area contributed by atoms with Crippen LogP contribution >= 0.6 is 0 Å². The lowest BCUT2D eigenvalue weighted by Crippen LogP contribution is -2.29. The minimum absolute atomic E-state index is 0.0978. The number of carboxylic acid groups (broad SMARTS) is 1. The molecule has 1 saturated carbocycles. The van der Waals surface area contributed by atoms with Gasteiger partial charge in [-0.2, -0.15) is 0 Å². The molecule has 1 heterocycles. The monoisotopic (exact) mass is 331 g/mol. The Hall–Kier alpha value is -2.04. The van der Waals surface area contributed by atoms with Crippen LogP contribution in [0.15, 0.2) is 24.3 Å². The molecule has 1 amide bonds. The van der Waals surface area contributed by atoms with E-state index in [2.05, 4.69) is 13.8 Å². The number of nitrogens with zero attached hydrogens (tertiary/aromatic N) is 1. The van der Waals surface area contributed by atoms with Crippen molar-refractivity contribution in [2.24, 2.45) is 23.7 Å². The van der Waals surface area contributed by atoms with Gasteiger partial charge in [-0.05, 0) is 48.8 Å². The van der Waals surface area contributed by atoms with Crippen LogP contribution in [0.25, 0.3) is 0 Å². The van der Waals surface area contributed by atoms with Gasteiger partial charge in [-0.15, -0.1) is 0 Å². The summed E-state index contributed by atoms with van der Waals surface area (Å²) in [6, 6.07) is 7.18. The molecule has 0 radical (unpaired) electrons. The van der Waals surface area contributed by atoms with Crippen molar-refractivity contribution in [1.82, 2.24) is 4.90 Å². The first-order chi connectivity index (χ1) is 11.5. The third-order valence-corrected chi connectivity index (χ3v) is 4.86. The summed E-state index contributed by atoms with van der Waals surface area (Å²) < 4.78 is 5.68. The van der Waals surface area contributed by atoms with Gasteiger partial charge in [-0.3, -0.25) is 9.59 Å². The van der Waals surface area contributed by atoms with Crippen LogP contribution in [0.5, 0.6) is 5.75 Å². The van der Waals surface area contributed by atoms with Crippen molar-refractivity contribution in [2.45, 2.75) is 26.7 Å². The standard InChI is InChI=1S/C19H25NO4/c1-12(2)11-24-15-5-3-4-14(8-15)18(21)20-9-16(13-6-7-13)17(10-20)19(22)23/h3-5,8,12-13,16-17H,6-7,9-11H2,1-2H3,(H,22,23)/t16-,17+/m1/s1. The number of ether oxygens (including phenoxy) is 1. The van der Waals surface area contributed by atoms with Crippen molar-refractivity contribution in [3.05, 3.63) is 29.8 Å². The van der Waals surface area contributed by atoms with Gasteiger partial charge >= 0.3 is 5.97 Å². The first kappa shape index (κ1) is 16.8. The normalized spacial score (nSPS) is 23.5. The molecule has 1 N–H and O–H groups in total. The lowest BCUT2D eigenvalue weighted by molar-refractivity contribution is -0.142. The Morgan fingerprint density at radius 2 is 2.04 bits per heavy atom. The molecule has 1 aromatic carbocycles. The highest BCUT2D eigenvalue weighted by Crippen LogP contribution is 2.44. The fourth-order valence-electron chi connectivity index (χ4n) is 3.42. The Bertz CT molecular complexity index is 624. The number of likely N-dealkylation sites (tertiary alicyclic amines) is 1. The van der Waals surface area contributed by atoms with Crippen LogP contribution in [0.2, 0.25) is 0 Å². The first-order valence-corrected chi connectivity index (χ1v) is 8.70. The van der Waals surface area contributed by atoms with Gasteiger partial charge in [-0.25, -0.2) is 0 Å². The summed E-state index contributed by atoms with van der Waals surface area (Å²) >= 11 is 0. The smallest absolute Gasteiger partial charge is 0.308 e. The zero-order valence-electron chi connectivity index (χ0n) is 14.3. The number of aliphatic carboxylic acids is 1. The summed E-state index contributed by atoms with van der Waals surface area (Å²) in [6.45, 7) is 5.61. The van der Waals surface area contributed by atoms with Crippen molar-refractivity contribution < 1.29 is 19.4 Å². The molecule has 1 aromatic rings. The van der Waals surface area contributed by atoms with Crippen LogP contribution in [-0.2, 0) is 4.79 Å². The van der Waals surface area contributed by atoms with E-state index in [1.165, 1.54) is 0 Å². The highest BCUT2D eigenvalue weighted by atomic mass is 16.5. The van der Waals surface area contributed by atoms with Crippen LogP contribution in [0.1, 0.15) is 37.0 Å². The van der Waals surface area contributed by atoms with Gasteiger partial charge in [0.1, 0.15) is 5.75 Å². The lowest BCUT2D eigenvalue weighted by Gasteiger charge is -2.17. The van der Waals surface area contributed by atoms with Gasteiger partial charge in [0.2, 0.25) is 0 Å². The molecule has 0 spiro atoms. The first-order valence-electron chi connectivity index (χ1n) is 8.70. The Kier molecular flexibility index (Phi) is 4.78. The highest BCUT2D eigenvalue weighted by Gasteiger charge is 2.46. The molecule has 5 heteroatoms. The highest BCUT2D eigenvalue weighted by molar-refractivity contribution is 5.95. The van der Waals surface area contributed by atoms with E-state index in [0.29, 0.717) is 42.8 Å². The second-order valence-corrected chi connectivity index (χ2v) is 7.39. The number of carbonyl (C=O) groups is 2. The number of rotatable bonds is 6. The van der Waals surface area contributed by atoms with Crippen LogP contribution in [0.3, 0.4) is 0 Å². The molecule has 0 aromatic heterocycles. The number of hydrogen-bond donors (Lipinski definition) is 1. The summed E-state index contributed by atoms with van der Waals surface area (Å²) in [5, 5.41) is 9.44. The molecule has 0 bridgehead atoms. The Morgan fingerprint density at radius 3 is 2.67 bits per heavy atom. The average Bonchev–Trinajstić information content (AvgIpc) is 3.30. The largest absolute Gasteiger partial charge is 0.493 e. The molecule has 1 saturated heterocycles. The molecule has 1 aliphatic heterocycles. The second kappa shape index (κ2) is 6.83. The van der Waals surface area contributed by atoms with Crippen molar-refractivity contribution in [3.8, 4) is 5.75 Å². The third-order valence-electron chi connectivity index (χ3n) is 4.86. The van der Waals surface area contributed by atoms with Crippen LogP contribution in [0.4, 0.5) is 0 Å². The number of hydrogen-bond acceptors (Lipinski definition) is 3. The van der Waals surface area contributed by atoms with Crippen molar-refractivity contribution in [1.29, 1.82) is 0 Å². The summed E-state index contributed by atoms with van der Waals surface area (Å²) in [6.07, 6.45) is 2.18. The van der Waals surface area contributed by atoms with Gasteiger partial charge in [0.15, 0.2) is 0 Å². The van der Waals surface area contributed by atoms with Gasteiger partial charge in [-0.1, -0.05) is 19.9 Å². The SMILES string of the molecule is CC(C)COc1cccc(C(=O)N2C[C@H](C(=O)O)[C@@H](C3CC3)C2)c1. The van der Waals surface area contributed by atoms with E-state index >= 15 is 0 Å². The average molecular weight is 331 g/mol. The van der Waals surface area contributed by atoms with Crippen LogP contribution in [0, 0.1) is 23.7 Å². The van der Waals surface area contributed by atoms with Crippen molar-refractivity contribution >= 4 is 11.9 Å². The second-order valence-electron chi connectivity index (χ2n) is 7.39. The quantitative estimate of drug-likeness (QED) is 0.870. The van der Waals surface area contributed by atoms with Crippen LogP contribution < -0.4 is 4.74 Å². The molecule has 24 heavy (non-hydrogen) atoms. The summed E-state index contributed by atoms with van der Waals surface area (Å²) in [5.41, 5.74) is 0.567. The number of carboxylic acids is 1. The molecular weight excluding hydrogens is 306 g/mol. The predicted octanol–water partition coefficient (Wildman–Crippen LogP) is 2.90. The van der Waals surface area contributed by atoms with E-state index in [9.17, 15) is 14.7 Å². The minimum Gasteiger partial charge on any atom is -0.493 e. The minimum atomic E-state index is -0.781. The Morgan fingerprint density at radius 1 is 1.29 bits per heavy atom. The predicted molar refractivity (Wildman–Crippen MR) is 90.0 cm³/mol. The van der Waals surface area contributed by atoms with E-state index in [0.717, 1.165) is 12.8 Å². The van der Waals surface area contributed by atoms with E-state index < -0.39 is 11.9 Å². The molecule has 0 unspecified atom stereocenters. The van der Waals surface area contributed by atoms with Gasteiger partial charge in [0.05, 0.1) is 12.5 Å². The maximum Gasteiger partial charge on any atom is 0.308 e. The third kappa shape index (κ3) is 3.71. The lowest BCUT2D eigenvalue weighted by atomic mass is 9.92. The van der Waals surface area contributed by atoms with Gasteiger partial charge < -0.3 is 14.7 Å². The fraction of sp³-hybridized carbons (Fsp3) is 0.579. The summed E-state index contributed by atoms with van der Waals surface area (Å²) in [4.78, 5) is 26.0.